The molecule has 0 spiro atoms. The molecule has 2 aromatic rings. The third-order valence-electron chi connectivity index (χ3n) is 2.85. The third kappa shape index (κ3) is 3.62. The first kappa shape index (κ1) is 14.6. The average molecular weight is 288 g/mol. The number of hydrogen-bond acceptors (Lipinski definition) is 4. The summed E-state index contributed by atoms with van der Waals surface area (Å²) in [7, 11) is 1.27. The minimum atomic E-state index is -0.523. The molecule has 0 aliphatic carbocycles. The van der Waals surface area contributed by atoms with Crippen LogP contribution < -0.4 is 0 Å². The van der Waals surface area contributed by atoms with Crippen LogP contribution in [0.2, 0.25) is 0 Å². The van der Waals surface area contributed by atoms with Gasteiger partial charge in [-0.1, -0.05) is 12.1 Å². The van der Waals surface area contributed by atoms with Gasteiger partial charge in [-0.15, -0.1) is 0 Å². The Morgan fingerprint density at radius 2 is 2.10 bits per heavy atom. The first-order valence-corrected chi connectivity index (χ1v) is 6.15. The molecule has 5 nitrogen and oxygen atoms in total. The van der Waals surface area contributed by atoms with E-state index in [0.29, 0.717) is 17.4 Å². The van der Waals surface area contributed by atoms with Crippen LogP contribution in [-0.2, 0) is 16.1 Å². The van der Waals surface area contributed by atoms with E-state index in [9.17, 15) is 14.0 Å². The van der Waals surface area contributed by atoms with E-state index in [1.54, 1.807) is 24.4 Å². The van der Waals surface area contributed by atoms with E-state index in [-0.39, 0.29) is 18.2 Å². The number of aromatic nitrogens is 2. The van der Waals surface area contributed by atoms with E-state index in [2.05, 4.69) is 4.98 Å². The van der Waals surface area contributed by atoms with Crippen LogP contribution in [0.5, 0.6) is 0 Å². The molecule has 2 rings (SSSR count). The Morgan fingerprint density at radius 3 is 2.71 bits per heavy atom. The predicted octanol–water partition coefficient (Wildman–Crippen LogP) is 2.09. The Kier molecular flexibility index (Phi) is 4.61. The maximum atomic E-state index is 12.9. The van der Waals surface area contributed by atoms with Crippen molar-refractivity contribution < 1.29 is 18.7 Å². The van der Waals surface area contributed by atoms with Crippen molar-refractivity contribution in [1.82, 2.24) is 9.55 Å². The molecule has 0 radical (unpaired) electrons. The van der Waals surface area contributed by atoms with E-state index in [1.165, 1.54) is 30.0 Å². The maximum absolute atomic E-state index is 12.9. The molecule has 1 heterocycles. The molecule has 0 aliphatic heterocycles. The summed E-state index contributed by atoms with van der Waals surface area (Å²) in [5.41, 5.74) is 0.981. The standard InChI is InChI=1S/C15H13FN2O3/c1-21-15(20)12(8-11-2-4-13(16)5-3-11)9-18-7-6-17-14(18)10-19/h2-8,10H,9H2,1H3/b12-8+. The molecule has 0 bridgehead atoms. The Hall–Kier alpha value is -2.76. The highest BCUT2D eigenvalue weighted by Gasteiger charge is 2.12. The van der Waals surface area contributed by atoms with Gasteiger partial charge in [0.05, 0.1) is 19.2 Å². The second-order valence-electron chi connectivity index (χ2n) is 4.24. The number of carbonyl (C=O) groups is 2. The maximum Gasteiger partial charge on any atom is 0.335 e. The van der Waals surface area contributed by atoms with Gasteiger partial charge in [0.1, 0.15) is 5.82 Å². The number of carbonyl (C=O) groups excluding carboxylic acids is 2. The number of esters is 1. The number of ether oxygens (including phenoxy) is 1. The highest BCUT2D eigenvalue weighted by Crippen LogP contribution is 2.12. The molecule has 21 heavy (non-hydrogen) atoms. The number of methoxy groups -OCH3 is 1. The zero-order chi connectivity index (χ0) is 15.2. The molecular weight excluding hydrogens is 275 g/mol. The second kappa shape index (κ2) is 6.60. The molecule has 6 heteroatoms. The van der Waals surface area contributed by atoms with Crippen molar-refractivity contribution in [3.05, 3.63) is 59.4 Å². The van der Waals surface area contributed by atoms with E-state index in [4.69, 9.17) is 4.74 Å². The number of aldehydes is 1. The molecule has 0 fully saturated rings. The lowest BCUT2D eigenvalue weighted by atomic mass is 10.1. The fourth-order valence-corrected chi connectivity index (χ4v) is 1.82. The normalized spacial score (nSPS) is 11.2. The molecule has 1 aromatic carbocycles. The van der Waals surface area contributed by atoms with Gasteiger partial charge in [0.25, 0.3) is 0 Å². The Bertz CT molecular complexity index is 674. The molecule has 1 aromatic heterocycles. The SMILES string of the molecule is COC(=O)/C(=C/c1ccc(F)cc1)Cn1ccnc1C=O. The van der Waals surface area contributed by atoms with E-state index in [0.717, 1.165) is 0 Å². The van der Waals surface area contributed by atoms with Gasteiger partial charge in [0, 0.05) is 12.4 Å². The number of benzene rings is 1. The first-order chi connectivity index (χ1) is 10.1. The fourth-order valence-electron chi connectivity index (χ4n) is 1.82. The van der Waals surface area contributed by atoms with Crippen molar-refractivity contribution in [2.75, 3.05) is 7.11 Å². The molecule has 108 valence electrons. The summed E-state index contributed by atoms with van der Waals surface area (Å²) < 4.78 is 19.1. The van der Waals surface area contributed by atoms with Crippen LogP contribution in [-0.4, -0.2) is 28.9 Å². The summed E-state index contributed by atoms with van der Waals surface area (Å²) in [6.45, 7) is 0.137. The lowest BCUT2D eigenvalue weighted by Gasteiger charge is -2.08. The van der Waals surface area contributed by atoms with Crippen molar-refractivity contribution in [3.63, 3.8) is 0 Å². The average Bonchev–Trinajstić information content (AvgIpc) is 2.95. The molecule has 0 atom stereocenters. The van der Waals surface area contributed by atoms with Crippen LogP contribution in [0.4, 0.5) is 4.39 Å². The number of imidazole rings is 1. The van der Waals surface area contributed by atoms with Gasteiger partial charge in [-0.2, -0.15) is 0 Å². The smallest absolute Gasteiger partial charge is 0.335 e. The van der Waals surface area contributed by atoms with Crippen LogP contribution >= 0.6 is 0 Å². The molecule has 0 saturated carbocycles. The number of hydrogen-bond donors (Lipinski definition) is 0. The lowest BCUT2D eigenvalue weighted by Crippen LogP contribution is -2.13. The van der Waals surface area contributed by atoms with Gasteiger partial charge in [-0.05, 0) is 23.8 Å². The van der Waals surface area contributed by atoms with Crippen molar-refractivity contribution in [2.24, 2.45) is 0 Å². The van der Waals surface area contributed by atoms with Gasteiger partial charge in [0.2, 0.25) is 0 Å². The molecule has 0 unspecified atom stereocenters. The van der Waals surface area contributed by atoms with E-state index in [1.807, 2.05) is 0 Å². The van der Waals surface area contributed by atoms with E-state index < -0.39 is 5.97 Å². The first-order valence-electron chi connectivity index (χ1n) is 6.15. The van der Waals surface area contributed by atoms with Gasteiger partial charge in [-0.25, -0.2) is 14.2 Å². The van der Waals surface area contributed by atoms with Gasteiger partial charge >= 0.3 is 5.97 Å². The van der Waals surface area contributed by atoms with Crippen molar-refractivity contribution in [2.45, 2.75) is 6.54 Å². The topological polar surface area (TPSA) is 61.2 Å². The zero-order valence-corrected chi connectivity index (χ0v) is 11.3. The molecule has 0 saturated heterocycles. The monoisotopic (exact) mass is 288 g/mol. The lowest BCUT2D eigenvalue weighted by molar-refractivity contribution is -0.136. The Labute approximate surface area is 120 Å². The summed E-state index contributed by atoms with van der Waals surface area (Å²) in [5, 5.41) is 0. The quantitative estimate of drug-likeness (QED) is 0.480. The van der Waals surface area contributed by atoms with Crippen molar-refractivity contribution in [1.29, 1.82) is 0 Å². The highest BCUT2D eigenvalue weighted by molar-refractivity contribution is 5.93. The summed E-state index contributed by atoms with van der Waals surface area (Å²) in [6.07, 6.45) is 5.24. The summed E-state index contributed by atoms with van der Waals surface area (Å²) in [4.78, 5) is 26.5. The summed E-state index contributed by atoms with van der Waals surface area (Å²) >= 11 is 0. The van der Waals surface area contributed by atoms with Crippen molar-refractivity contribution in [3.8, 4) is 0 Å². The Morgan fingerprint density at radius 1 is 1.38 bits per heavy atom. The van der Waals surface area contributed by atoms with Gasteiger partial charge < -0.3 is 9.30 Å². The number of rotatable bonds is 5. The molecule has 0 N–H and O–H groups in total. The number of nitrogens with zero attached hydrogens (tertiary/aromatic N) is 2. The fraction of sp³-hybridized carbons (Fsp3) is 0.133. The molecular formula is C15H13FN2O3. The van der Waals surface area contributed by atoms with Crippen LogP contribution in [0.15, 0.2) is 42.2 Å². The summed E-state index contributed by atoms with van der Waals surface area (Å²) in [5.74, 6) is -0.668. The van der Waals surface area contributed by atoms with Crippen LogP contribution in [0.25, 0.3) is 6.08 Å². The van der Waals surface area contributed by atoms with Gasteiger partial charge in [-0.3, -0.25) is 4.79 Å². The molecule has 0 aliphatic rings. The number of halogens is 1. The minimum Gasteiger partial charge on any atom is -0.466 e. The highest BCUT2D eigenvalue weighted by atomic mass is 19.1. The largest absolute Gasteiger partial charge is 0.466 e. The van der Waals surface area contributed by atoms with Gasteiger partial charge in [0.15, 0.2) is 12.1 Å². The Balaban J connectivity index is 2.32. The predicted molar refractivity (Wildman–Crippen MR) is 74.0 cm³/mol. The van der Waals surface area contributed by atoms with Crippen LogP contribution in [0, 0.1) is 5.82 Å². The van der Waals surface area contributed by atoms with Crippen molar-refractivity contribution >= 4 is 18.3 Å². The minimum absolute atomic E-state index is 0.137. The summed E-state index contributed by atoms with van der Waals surface area (Å²) in [6, 6.07) is 5.70. The molecule has 0 amide bonds. The third-order valence-corrected chi connectivity index (χ3v) is 2.85. The van der Waals surface area contributed by atoms with E-state index >= 15 is 0 Å². The second-order valence-corrected chi connectivity index (χ2v) is 4.24. The van der Waals surface area contributed by atoms with Crippen LogP contribution in [0.3, 0.4) is 0 Å². The van der Waals surface area contributed by atoms with Crippen LogP contribution in [0.1, 0.15) is 16.2 Å². The zero-order valence-electron chi connectivity index (χ0n) is 11.3.